The lowest BCUT2D eigenvalue weighted by Crippen LogP contribution is -2.09. The fraction of sp³-hybridized carbons (Fsp3) is 0.0769. The molecule has 102 valence electrons. The van der Waals surface area contributed by atoms with Crippen molar-refractivity contribution in [3.63, 3.8) is 0 Å². The molecule has 0 spiro atoms. The van der Waals surface area contributed by atoms with Crippen molar-refractivity contribution in [3.05, 3.63) is 46.1 Å². The van der Waals surface area contributed by atoms with Gasteiger partial charge in [0.15, 0.2) is 0 Å². The molecule has 0 aliphatic heterocycles. The Morgan fingerprint density at radius 3 is 2.75 bits per heavy atom. The molecule has 0 saturated carbocycles. The predicted molar refractivity (Wildman–Crippen MR) is 75.7 cm³/mol. The van der Waals surface area contributed by atoms with E-state index in [1.807, 2.05) is 12.3 Å². The van der Waals surface area contributed by atoms with Gasteiger partial charge in [-0.05, 0) is 25.1 Å². The van der Waals surface area contributed by atoms with Crippen molar-refractivity contribution < 1.29 is 14.7 Å². The Labute approximate surface area is 118 Å². The van der Waals surface area contributed by atoms with Gasteiger partial charge in [-0.1, -0.05) is 0 Å². The number of nitrogens with zero attached hydrogens (tertiary/aromatic N) is 2. The maximum Gasteiger partial charge on any atom is 0.337 e. The van der Waals surface area contributed by atoms with Gasteiger partial charge in [-0.15, -0.1) is 11.3 Å². The molecule has 2 N–H and O–H groups in total. The third kappa shape index (κ3) is 3.72. The second-order valence-corrected chi connectivity index (χ2v) is 4.91. The molecule has 0 aliphatic carbocycles. The minimum absolute atomic E-state index is 0.0662. The molecule has 7 heteroatoms. The van der Waals surface area contributed by atoms with E-state index in [4.69, 9.17) is 5.11 Å². The van der Waals surface area contributed by atoms with Gasteiger partial charge in [0.2, 0.25) is 5.91 Å². The van der Waals surface area contributed by atoms with Gasteiger partial charge in [0.1, 0.15) is 5.82 Å². The maximum absolute atomic E-state index is 11.6. The number of carbonyl (C=O) groups excluding carboxylic acids is 1. The SMILES string of the molecule is Cc1nc(C=CC(=O)Nc2ccc(C(=O)O)cn2)cs1. The summed E-state index contributed by atoms with van der Waals surface area (Å²) in [5, 5.41) is 14.0. The summed E-state index contributed by atoms with van der Waals surface area (Å²) in [5.74, 6) is -1.13. The van der Waals surface area contributed by atoms with Crippen LogP contribution in [0.1, 0.15) is 21.1 Å². The summed E-state index contributed by atoms with van der Waals surface area (Å²) in [4.78, 5) is 30.3. The number of aryl methyl sites for hydroxylation is 1. The van der Waals surface area contributed by atoms with E-state index in [2.05, 4.69) is 15.3 Å². The number of rotatable bonds is 4. The van der Waals surface area contributed by atoms with E-state index in [0.29, 0.717) is 5.82 Å². The normalized spacial score (nSPS) is 10.7. The summed E-state index contributed by atoms with van der Waals surface area (Å²) in [6, 6.07) is 2.81. The lowest BCUT2D eigenvalue weighted by molar-refractivity contribution is -0.111. The van der Waals surface area contributed by atoms with Crippen molar-refractivity contribution in [1.82, 2.24) is 9.97 Å². The van der Waals surface area contributed by atoms with Crippen molar-refractivity contribution >= 4 is 35.1 Å². The lowest BCUT2D eigenvalue weighted by atomic mass is 10.3. The van der Waals surface area contributed by atoms with Gasteiger partial charge >= 0.3 is 5.97 Å². The van der Waals surface area contributed by atoms with Gasteiger partial charge in [-0.25, -0.2) is 14.8 Å². The largest absolute Gasteiger partial charge is 0.478 e. The number of nitrogens with one attached hydrogen (secondary N) is 1. The van der Waals surface area contributed by atoms with Gasteiger partial charge < -0.3 is 10.4 Å². The smallest absolute Gasteiger partial charge is 0.337 e. The van der Waals surface area contributed by atoms with Crippen molar-refractivity contribution in [1.29, 1.82) is 0 Å². The van der Waals surface area contributed by atoms with Gasteiger partial charge in [-0.2, -0.15) is 0 Å². The number of aromatic nitrogens is 2. The van der Waals surface area contributed by atoms with Crippen LogP contribution in [0.2, 0.25) is 0 Å². The van der Waals surface area contributed by atoms with Gasteiger partial charge in [0.25, 0.3) is 0 Å². The van der Waals surface area contributed by atoms with Crippen LogP contribution in [0.3, 0.4) is 0 Å². The second kappa shape index (κ2) is 6.07. The van der Waals surface area contributed by atoms with Crippen LogP contribution < -0.4 is 5.32 Å². The van der Waals surface area contributed by atoms with Crippen molar-refractivity contribution in [2.24, 2.45) is 0 Å². The van der Waals surface area contributed by atoms with E-state index in [9.17, 15) is 9.59 Å². The topological polar surface area (TPSA) is 92.2 Å². The van der Waals surface area contributed by atoms with Crippen LogP contribution in [0.15, 0.2) is 29.8 Å². The minimum atomic E-state index is -1.06. The molecule has 0 saturated heterocycles. The van der Waals surface area contributed by atoms with E-state index in [1.54, 1.807) is 6.08 Å². The third-order valence-electron chi connectivity index (χ3n) is 2.30. The van der Waals surface area contributed by atoms with Crippen LogP contribution in [0.25, 0.3) is 6.08 Å². The number of thiazole rings is 1. The van der Waals surface area contributed by atoms with Gasteiger partial charge in [0, 0.05) is 17.7 Å². The van der Waals surface area contributed by atoms with E-state index in [0.717, 1.165) is 10.7 Å². The molecule has 2 aromatic heterocycles. The first-order chi connectivity index (χ1) is 9.54. The van der Waals surface area contributed by atoms with Crippen LogP contribution in [0.4, 0.5) is 5.82 Å². The predicted octanol–water partition coefficient (Wildman–Crippen LogP) is 2.20. The number of anilines is 1. The number of carbonyl (C=O) groups is 2. The van der Waals surface area contributed by atoms with E-state index in [1.165, 1.54) is 35.7 Å². The highest BCUT2D eigenvalue weighted by molar-refractivity contribution is 7.09. The van der Waals surface area contributed by atoms with Gasteiger partial charge in [-0.3, -0.25) is 4.79 Å². The number of amides is 1. The molecule has 0 aliphatic rings. The average molecular weight is 289 g/mol. The molecule has 0 fully saturated rings. The maximum atomic E-state index is 11.6. The molecule has 2 aromatic rings. The third-order valence-corrected chi connectivity index (χ3v) is 3.10. The number of carboxylic acid groups (broad SMARTS) is 1. The summed E-state index contributed by atoms with van der Waals surface area (Å²) >= 11 is 1.50. The van der Waals surface area contributed by atoms with Crippen LogP contribution in [-0.4, -0.2) is 27.0 Å². The Hall–Kier alpha value is -2.54. The Balaban J connectivity index is 1.97. The van der Waals surface area contributed by atoms with Crippen LogP contribution in [-0.2, 0) is 4.79 Å². The summed E-state index contributed by atoms with van der Waals surface area (Å²) < 4.78 is 0. The molecular formula is C13H11N3O3S. The summed E-state index contributed by atoms with van der Waals surface area (Å²) in [6.07, 6.45) is 4.14. The zero-order valence-corrected chi connectivity index (χ0v) is 11.3. The molecule has 6 nitrogen and oxygen atoms in total. The standard InChI is InChI=1S/C13H11N3O3S/c1-8-15-10(7-20-8)3-5-12(17)16-11-4-2-9(6-14-11)13(18)19/h2-7H,1H3,(H,18,19)(H,14,16,17). The number of carboxylic acids is 1. The van der Waals surface area contributed by atoms with Crippen LogP contribution in [0, 0.1) is 6.92 Å². The zero-order chi connectivity index (χ0) is 14.5. The quantitative estimate of drug-likeness (QED) is 0.842. The highest BCUT2D eigenvalue weighted by Gasteiger charge is 2.04. The van der Waals surface area contributed by atoms with E-state index >= 15 is 0 Å². The molecule has 0 unspecified atom stereocenters. The zero-order valence-electron chi connectivity index (χ0n) is 10.5. The van der Waals surface area contributed by atoms with Crippen molar-refractivity contribution in [2.75, 3.05) is 5.32 Å². The van der Waals surface area contributed by atoms with Crippen molar-refractivity contribution in [3.8, 4) is 0 Å². The number of aromatic carboxylic acids is 1. The molecule has 0 atom stereocenters. The monoisotopic (exact) mass is 289 g/mol. The molecular weight excluding hydrogens is 278 g/mol. The summed E-state index contributed by atoms with van der Waals surface area (Å²) in [6.45, 7) is 1.88. The Kier molecular flexibility index (Phi) is 4.21. The fourth-order valence-corrected chi connectivity index (χ4v) is 1.96. The molecule has 0 aromatic carbocycles. The summed E-state index contributed by atoms with van der Waals surface area (Å²) in [7, 11) is 0. The molecule has 2 rings (SSSR count). The Morgan fingerprint density at radius 1 is 1.40 bits per heavy atom. The highest BCUT2D eigenvalue weighted by Crippen LogP contribution is 2.09. The number of hydrogen-bond donors (Lipinski definition) is 2. The first-order valence-corrected chi connectivity index (χ1v) is 6.53. The molecule has 0 bridgehead atoms. The molecule has 20 heavy (non-hydrogen) atoms. The number of pyridine rings is 1. The van der Waals surface area contributed by atoms with Crippen LogP contribution >= 0.6 is 11.3 Å². The Morgan fingerprint density at radius 2 is 2.20 bits per heavy atom. The lowest BCUT2D eigenvalue weighted by Gasteiger charge is -2.00. The number of hydrogen-bond acceptors (Lipinski definition) is 5. The minimum Gasteiger partial charge on any atom is -0.478 e. The highest BCUT2D eigenvalue weighted by atomic mass is 32.1. The average Bonchev–Trinajstić information content (AvgIpc) is 2.83. The first-order valence-electron chi connectivity index (χ1n) is 5.65. The van der Waals surface area contributed by atoms with Crippen LogP contribution in [0.5, 0.6) is 0 Å². The summed E-state index contributed by atoms with van der Waals surface area (Å²) in [5.41, 5.74) is 0.785. The van der Waals surface area contributed by atoms with E-state index < -0.39 is 5.97 Å². The second-order valence-electron chi connectivity index (χ2n) is 3.85. The molecule has 2 heterocycles. The first kappa shape index (κ1) is 13.9. The fourth-order valence-electron chi connectivity index (χ4n) is 1.38. The van der Waals surface area contributed by atoms with Crippen molar-refractivity contribution in [2.45, 2.75) is 6.92 Å². The van der Waals surface area contributed by atoms with E-state index in [-0.39, 0.29) is 11.5 Å². The molecule has 1 amide bonds. The molecule has 0 radical (unpaired) electrons. The Bertz CT molecular complexity index is 662. The van der Waals surface area contributed by atoms with Gasteiger partial charge in [0.05, 0.1) is 16.3 Å².